The normalized spacial score (nSPS) is 13.1. The number of unbranched alkanes of at least 4 members (excludes halogenated alkanes) is 16. The number of ether oxygens (including phenoxy) is 3. The Labute approximate surface area is 412 Å². The second-order valence-corrected chi connectivity index (χ2v) is 17.4. The van der Waals surface area contributed by atoms with Crippen molar-refractivity contribution >= 4 is 17.9 Å². The smallest absolute Gasteiger partial charge is 0.306 e. The molecule has 0 aromatic rings. The summed E-state index contributed by atoms with van der Waals surface area (Å²) < 4.78 is 16.8. The molecule has 0 saturated heterocycles. The van der Waals surface area contributed by atoms with Crippen LogP contribution in [-0.4, -0.2) is 37.2 Å². The van der Waals surface area contributed by atoms with Crippen LogP contribution < -0.4 is 0 Å². The summed E-state index contributed by atoms with van der Waals surface area (Å²) in [4.78, 5) is 38.1. The Bertz CT molecular complexity index is 1440. The lowest BCUT2D eigenvalue weighted by molar-refractivity contribution is -0.167. The Morgan fingerprint density at radius 1 is 0.313 bits per heavy atom. The van der Waals surface area contributed by atoms with Crippen LogP contribution in [-0.2, 0) is 28.6 Å². The molecule has 0 fully saturated rings. The number of rotatable bonds is 47. The zero-order chi connectivity index (χ0) is 48.6. The van der Waals surface area contributed by atoms with E-state index in [9.17, 15) is 14.4 Å². The quantitative estimate of drug-likeness (QED) is 0.0262. The van der Waals surface area contributed by atoms with E-state index in [0.717, 1.165) is 128 Å². The van der Waals surface area contributed by atoms with Gasteiger partial charge in [0.1, 0.15) is 13.2 Å². The zero-order valence-electron chi connectivity index (χ0n) is 43.1. The maximum Gasteiger partial charge on any atom is 0.306 e. The Hall–Kier alpha value is -4.19. The average Bonchev–Trinajstić information content (AvgIpc) is 3.33. The van der Waals surface area contributed by atoms with Gasteiger partial charge in [-0.3, -0.25) is 14.4 Å². The molecule has 0 aliphatic heterocycles. The molecule has 6 nitrogen and oxygen atoms in total. The highest BCUT2D eigenvalue weighted by molar-refractivity contribution is 5.71. The minimum Gasteiger partial charge on any atom is -0.462 e. The topological polar surface area (TPSA) is 78.9 Å². The lowest BCUT2D eigenvalue weighted by Gasteiger charge is -2.18. The van der Waals surface area contributed by atoms with Crippen molar-refractivity contribution in [3.63, 3.8) is 0 Å². The standard InChI is InChI=1S/C61H98O6/c1-4-7-10-13-16-19-22-25-28-30-33-36-39-42-45-48-51-54-60(63)66-57-58(56-65-59(62)53-50-47-44-41-38-35-32-27-24-21-18-15-12-9-6-3)67-61(64)55-52-49-46-43-40-37-34-31-29-26-23-20-17-14-11-8-5-2/h7,9-10,12,16-21,25-29,32-33,36,38,41,58H,4-6,8,11,13-15,22-24,30-31,34-35,37,39-40,42-57H2,1-3H3/b10-7-,12-9-,19-16-,20-17-,21-18-,28-25-,29-26-,32-27-,36-33-,41-38-. The van der Waals surface area contributed by atoms with Crippen molar-refractivity contribution in [1.82, 2.24) is 0 Å². The molecular formula is C61H98O6. The Morgan fingerprint density at radius 2 is 0.582 bits per heavy atom. The van der Waals surface area contributed by atoms with Crippen molar-refractivity contribution in [1.29, 1.82) is 0 Å². The first-order chi connectivity index (χ1) is 33.0. The van der Waals surface area contributed by atoms with Crippen molar-refractivity contribution in [2.45, 2.75) is 232 Å². The van der Waals surface area contributed by atoms with E-state index in [0.29, 0.717) is 25.7 Å². The average molecular weight is 927 g/mol. The van der Waals surface area contributed by atoms with Gasteiger partial charge in [0.25, 0.3) is 0 Å². The van der Waals surface area contributed by atoms with Gasteiger partial charge in [-0.1, -0.05) is 200 Å². The number of esters is 3. The fourth-order valence-electron chi connectivity index (χ4n) is 6.92. The van der Waals surface area contributed by atoms with E-state index >= 15 is 0 Å². The lowest BCUT2D eigenvalue weighted by Crippen LogP contribution is -2.30. The van der Waals surface area contributed by atoms with Crippen LogP contribution in [0.5, 0.6) is 0 Å². The van der Waals surface area contributed by atoms with Crippen molar-refractivity contribution in [3.8, 4) is 0 Å². The van der Waals surface area contributed by atoms with E-state index < -0.39 is 6.10 Å². The summed E-state index contributed by atoms with van der Waals surface area (Å²) in [7, 11) is 0. The van der Waals surface area contributed by atoms with Gasteiger partial charge in [-0.2, -0.15) is 0 Å². The summed E-state index contributed by atoms with van der Waals surface area (Å²) in [6, 6.07) is 0. The van der Waals surface area contributed by atoms with Gasteiger partial charge in [0.15, 0.2) is 6.10 Å². The van der Waals surface area contributed by atoms with Gasteiger partial charge in [0.2, 0.25) is 0 Å². The molecule has 1 unspecified atom stereocenters. The Morgan fingerprint density at radius 3 is 0.940 bits per heavy atom. The molecule has 0 rings (SSSR count). The maximum absolute atomic E-state index is 12.8. The van der Waals surface area contributed by atoms with Gasteiger partial charge < -0.3 is 14.2 Å². The first-order valence-electron chi connectivity index (χ1n) is 27.0. The molecule has 1 atom stereocenters. The number of hydrogen-bond acceptors (Lipinski definition) is 6. The Kier molecular flexibility index (Phi) is 51.0. The summed E-state index contributed by atoms with van der Waals surface area (Å²) in [5.41, 5.74) is 0. The zero-order valence-corrected chi connectivity index (χ0v) is 43.1. The number of carbonyl (C=O) groups is 3. The second kappa shape index (κ2) is 54.4. The van der Waals surface area contributed by atoms with E-state index in [2.05, 4.69) is 142 Å². The number of hydrogen-bond donors (Lipinski definition) is 0. The molecule has 0 aromatic heterocycles. The van der Waals surface area contributed by atoms with E-state index in [4.69, 9.17) is 14.2 Å². The molecule has 0 heterocycles. The van der Waals surface area contributed by atoms with Crippen molar-refractivity contribution in [2.24, 2.45) is 0 Å². The highest BCUT2D eigenvalue weighted by Gasteiger charge is 2.19. The predicted molar refractivity (Wildman–Crippen MR) is 288 cm³/mol. The fourth-order valence-corrected chi connectivity index (χ4v) is 6.92. The van der Waals surface area contributed by atoms with Crippen LogP contribution in [0.4, 0.5) is 0 Å². The predicted octanol–water partition coefficient (Wildman–Crippen LogP) is 18.1. The van der Waals surface area contributed by atoms with Crippen molar-refractivity contribution in [3.05, 3.63) is 122 Å². The molecule has 0 amide bonds. The van der Waals surface area contributed by atoms with Gasteiger partial charge in [0, 0.05) is 19.3 Å². The van der Waals surface area contributed by atoms with Gasteiger partial charge in [-0.25, -0.2) is 0 Å². The van der Waals surface area contributed by atoms with Crippen LogP contribution in [0.15, 0.2) is 122 Å². The van der Waals surface area contributed by atoms with Crippen LogP contribution in [0.3, 0.4) is 0 Å². The first kappa shape index (κ1) is 62.8. The van der Waals surface area contributed by atoms with Gasteiger partial charge in [-0.05, 0) is 128 Å². The highest BCUT2D eigenvalue weighted by atomic mass is 16.6. The van der Waals surface area contributed by atoms with Gasteiger partial charge >= 0.3 is 17.9 Å². The second-order valence-electron chi connectivity index (χ2n) is 17.4. The molecule has 0 spiro atoms. The van der Waals surface area contributed by atoms with Gasteiger partial charge in [0.05, 0.1) is 0 Å². The molecule has 0 aromatic carbocycles. The molecule has 0 radical (unpaired) electrons. The van der Waals surface area contributed by atoms with Crippen LogP contribution in [0.25, 0.3) is 0 Å². The SMILES string of the molecule is CC/C=C\C/C=C\C/C=C\C/C=C\CCCCCCC(=O)OCC(COC(=O)CCCC/C=C\C/C=C\C/C=C\C/C=C\CC)OC(=O)CCCCCCCCC/C=C\C/C=C\CCCCC. The molecule has 0 saturated carbocycles. The Balaban J connectivity index is 4.53. The highest BCUT2D eigenvalue weighted by Crippen LogP contribution is 2.13. The third-order valence-electron chi connectivity index (χ3n) is 10.9. The van der Waals surface area contributed by atoms with Crippen LogP contribution in [0, 0.1) is 0 Å². The minimum atomic E-state index is -0.813. The molecular weight excluding hydrogens is 829 g/mol. The van der Waals surface area contributed by atoms with Crippen LogP contribution in [0.1, 0.15) is 226 Å². The number of allylic oxidation sites excluding steroid dienone is 20. The molecule has 67 heavy (non-hydrogen) atoms. The summed E-state index contributed by atoms with van der Waals surface area (Å²) in [5, 5.41) is 0. The van der Waals surface area contributed by atoms with Gasteiger partial charge in [-0.15, -0.1) is 0 Å². The molecule has 0 aliphatic carbocycles. The first-order valence-corrected chi connectivity index (χ1v) is 27.0. The third-order valence-corrected chi connectivity index (χ3v) is 10.9. The fraction of sp³-hybridized carbons (Fsp3) is 0.623. The van der Waals surface area contributed by atoms with E-state index in [1.807, 2.05) is 0 Å². The molecule has 378 valence electrons. The summed E-state index contributed by atoms with van der Waals surface area (Å²) >= 11 is 0. The van der Waals surface area contributed by atoms with Crippen molar-refractivity contribution in [2.75, 3.05) is 13.2 Å². The van der Waals surface area contributed by atoms with Crippen LogP contribution >= 0.6 is 0 Å². The summed E-state index contributed by atoms with van der Waals surface area (Å²) in [6.45, 7) is 6.31. The molecule has 0 aliphatic rings. The van der Waals surface area contributed by atoms with Crippen LogP contribution in [0.2, 0.25) is 0 Å². The third kappa shape index (κ3) is 52.6. The molecule has 6 heteroatoms. The minimum absolute atomic E-state index is 0.111. The van der Waals surface area contributed by atoms with E-state index in [-0.39, 0.29) is 31.1 Å². The molecule has 0 bridgehead atoms. The summed E-state index contributed by atoms with van der Waals surface area (Å²) in [5.74, 6) is -0.987. The van der Waals surface area contributed by atoms with E-state index in [1.165, 1.54) is 51.4 Å². The lowest BCUT2D eigenvalue weighted by atomic mass is 10.1. The monoisotopic (exact) mass is 927 g/mol. The van der Waals surface area contributed by atoms with Crippen molar-refractivity contribution < 1.29 is 28.6 Å². The van der Waals surface area contributed by atoms with E-state index in [1.54, 1.807) is 0 Å². The largest absolute Gasteiger partial charge is 0.462 e. The molecule has 0 N–H and O–H groups in total. The maximum atomic E-state index is 12.8. The number of carbonyl (C=O) groups excluding carboxylic acids is 3. The summed E-state index contributed by atoms with van der Waals surface area (Å²) in [6.07, 6.45) is 74.7.